The molecular weight excluding hydrogens is 300 g/mol. The number of nitrogens with two attached hydrogens (primary N) is 1. The summed E-state index contributed by atoms with van der Waals surface area (Å²) < 4.78 is 2.55. The predicted octanol–water partition coefficient (Wildman–Crippen LogP) is 2.28. The van der Waals surface area contributed by atoms with E-state index in [1.165, 1.54) is 0 Å². The Morgan fingerprint density at radius 2 is 2.18 bits per heavy atom. The Bertz CT molecular complexity index is 591. The molecule has 2 N–H and O–H groups in total. The Morgan fingerprint density at radius 3 is 2.71 bits per heavy atom. The first kappa shape index (κ1) is 12.2. The number of rotatable bonds is 2. The number of nitrogens with zero attached hydrogens (tertiary/aromatic N) is 3. The minimum Gasteiger partial charge on any atom is -0.389 e. The quantitative estimate of drug-likeness (QED) is 0.865. The van der Waals surface area contributed by atoms with Crippen molar-refractivity contribution in [3.63, 3.8) is 0 Å². The fraction of sp³-hybridized carbons (Fsp3) is 0.182. The molecule has 0 unspecified atom stereocenters. The van der Waals surface area contributed by atoms with Gasteiger partial charge >= 0.3 is 0 Å². The molecule has 0 radical (unpaired) electrons. The van der Waals surface area contributed by atoms with Crippen LogP contribution in [0.3, 0.4) is 0 Å². The Hall–Kier alpha value is -1.27. The van der Waals surface area contributed by atoms with Crippen molar-refractivity contribution < 1.29 is 0 Å². The summed E-state index contributed by atoms with van der Waals surface area (Å²) >= 11 is 8.42. The summed E-state index contributed by atoms with van der Waals surface area (Å²) in [5.74, 6) is 0.667. The second-order valence-electron chi connectivity index (χ2n) is 3.75. The molecule has 0 atom stereocenters. The lowest BCUT2D eigenvalue weighted by Gasteiger charge is -2.11. The van der Waals surface area contributed by atoms with Crippen LogP contribution in [0.25, 0.3) is 5.82 Å². The number of halogens is 1. The fourth-order valence-electron chi connectivity index (χ4n) is 1.70. The van der Waals surface area contributed by atoms with E-state index in [9.17, 15) is 0 Å². The van der Waals surface area contributed by atoms with E-state index in [4.69, 9.17) is 18.0 Å². The SMILES string of the molecule is Cc1cc(C)c(C(N)=S)c(-n2cc(Br)cn2)n1. The third-order valence-corrected chi connectivity index (χ3v) is 2.95. The molecule has 0 aliphatic carbocycles. The van der Waals surface area contributed by atoms with Crippen LogP contribution in [0, 0.1) is 13.8 Å². The van der Waals surface area contributed by atoms with Gasteiger partial charge in [0.05, 0.1) is 16.2 Å². The minimum atomic E-state index is 0.330. The maximum Gasteiger partial charge on any atom is 0.164 e. The lowest BCUT2D eigenvalue weighted by atomic mass is 10.1. The van der Waals surface area contributed by atoms with Crippen LogP contribution in [0.1, 0.15) is 16.8 Å². The molecule has 88 valence electrons. The van der Waals surface area contributed by atoms with Crippen LogP contribution in [0.4, 0.5) is 0 Å². The highest BCUT2D eigenvalue weighted by molar-refractivity contribution is 9.10. The minimum absolute atomic E-state index is 0.330. The number of aromatic nitrogens is 3. The zero-order valence-electron chi connectivity index (χ0n) is 9.44. The zero-order valence-corrected chi connectivity index (χ0v) is 11.8. The van der Waals surface area contributed by atoms with Crippen molar-refractivity contribution in [1.29, 1.82) is 0 Å². The number of thiocarbonyl (C=S) groups is 1. The van der Waals surface area contributed by atoms with Crippen molar-refractivity contribution in [2.75, 3.05) is 0 Å². The molecule has 0 aliphatic heterocycles. The molecule has 0 fully saturated rings. The van der Waals surface area contributed by atoms with Gasteiger partial charge in [-0.3, -0.25) is 0 Å². The van der Waals surface area contributed by atoms with Crippen LogP contribution in [0.5, 0.6) is 0 Å². The van der Waals surface area contributed by atoms with Crippen LogP contribution in [0.2, 0.25) is 0 Å². The third kappa shape index (κ3) is 2.37. The molecule has 4 nitrogen and oxygen atoms in total. The van der Waals surface area contributed by atoms with E-state index < -0.39 is 0 Å². The molecule has 0 spiro atoms. The number of hydrogen-bond acceptors (Lipinski definition) is 3. The molecule has 2 heterocycles. The summed E-state index contributed by atoms with van der Waals surface area (Å²) in [6.45, 7) is 3.89. The molecule has 0 aromatic carbocycles. The van der Waals surface area contributed by atoms with Crippen molar-refractivity contribution in [1.82, 2.24) is 14.8 Å². The summed E-state index contributed by atoms with van der Waals surface area (Å²) in [5.41, 5.74) is 8.43. The first-order chi connectivity index (χ1) is 7.99. The summed E-state index contributed by atoms with van der Waals surface area (Å²) in [6.07, 6.45) is 3.52. The van der Waals surface area contributed by atoms with Crippen molar-refractivity contribution in [2.24, 2.45) is 5.73 Å². The highest BCUT2D eigenvalue weighted by Crippen LogP contribution is 2.19. The second-order valence-corrected chi connectivity index (χ2v) is 5.10. The molecule has 2 aromatic heterocycles. The van der Waals surface area contributed by atoms with E-state index in [0.29, 0.717) is 10.8 Å². The first-order valence-corrected chi connectivity index (χ1v) is 6.17. The zero-order chi connectivity index (χ0) is 12.6. The van der Waals surface area contributed by atoms with Gasteiger partial charge in [0.2, 0.25) is 0 Å². The van der Waals surface area contributed by atoms with E-state index in [1.807, 2.05) is 26.1 Å². The smallest absolute Gasteiger partial charge is 0.164 e. The largest absolute Gasteiger partial charge is 0.389 e. The Morgan fingerprint density at radius 1 is 1.47 bits per heavy atom. The molecule has 0 amide bonds. The van der Waals surface area contributed by atoms with Gasteiger partial charge in [-0.25, -0.2) is 9.67 Å². The topological polar surface area (TPSA) is 56.7 Å². The molecule has 6 heteroatoms. The number of hydrogen-bond donors (Lipinski definition) is 1. The Kier molecular flexibility index (Phi) is 3.26. The number of pyridine rings is 1. The van der Waals surface area contributed by atoms with Gasteiger partial charge in [-0.2, -0.15) is 5.10 Å². The lowest BCUT2D eigenvalue weighted by Crippen LogP contribution is -2.17. The van der Waals surface area contributed by atoms with Gasteiger partial charge in [0.1, 0.15) is 4.99 Å². The van der Waals surface area contributed by atoms with Gasteiger partial charge in [0, 0.05) is 11.9 Å². The Labute approximate surface area is 113 Å². The Balaban J connectivity index is 2.71. The third-order valence-electron chi connectivity index (χ3n) is 2.34. The average molecular weight is 311 g/mol. The summed E-state index contributed by atoms with van der Waals surface area (Å²) in [6, 6.07) is 1.95. The van der Waals surface area contributed by atoms with Gasteiger partial charge in [0.15, 0.2) is 5.82 Å². The molecule has 0 saturated carbocycles. The van der Waals surface area contributed by atoms with Crippen LogP contribution in [0.15, 0.2) is 22.9 Å². The van der Waals surface area contributed by atoms with Gasteiger partial charge in [0.25, 0.3) is 0 Å². The summed E-state index contributed by atoms with van der Waals surface area (Å²) in [7, 11) is 0. The molecule has 0 aliphatic rings. The maximum atomic E-state index is 5.75. The fourth-order valence-corrected chi connectivity index (χ4v) is 2.24. The van der Waals surface area contributed by atoms with Gasteiger partial charge in [-0.05, 0) is 41.4 Å². The average Bonchev–Trinajstić information content (AvgIpc) is 2.62. The van der Waals surface area contributed by atoms with Crippen LogP contribution in [-0.2, 0) is 0 Å². The van der Waals surface area contributed by atoms with Gasteiger partial charge in [-0.1, -0.05) is 12.2 Å². The standard InChI is InChI=1S/C11H11BrN4S/c1-6-3-7(2)15-11(9(6)10(13)17)16-5-8(12)4-14-16/h3-5H,1-2H3,(H2,13,17). The van der Waals surface area contributed by atoms with Crippen molar-refractivity contribution in [2.45, 2.75) is 13.8 Å². The van der Waals surface area contributed by atoms with E-state index >= 15 is 0 Å². The second kappa shape index (κ2) is 4.54. The lowest BCUT2D eigenvalue weighted by molar-refractivity contribution is 0.836. The normalized spacial score (nSPS) is 10.5. The van der Waals surface area contributed by atoms with Crippen molar-refractivity contribution >= 4 is 33.1 Å². The van der Waals surface area contributed by atoms with Crippen molar-refractivity contribution in [3.05, 3.63) is 39.8 Å². The van der Waals surface area contributed by atoms with Gasteiger partial charge < -0.3 is 5.73 Å². The molecular formula is C11H11BrN4S. The van der Waals surface area contributed by atoms with Crippen LogP contribution < -0.4 is 5.73 Å². The van der Waals surface area contributed by atoms with E-state index in [2.05, 4.69) is 26.0 Å². The van der Waals surface area contributed by atoms with E-state index in [1.54, 1.807) is 10.9 Å². The predicted molar refractivity (Wildman–Crippen MR) is 74.4 cm³/mol. The van der Waals surface area contributed by atoms with Crippen molar-refractivity contribution in [3.8, 4) is 5.82 Å². The van der Waals surface area contributed by atoms with Gasteiger partial charge in [-0.15, -0.1) is 0 Å². The molecule has 2 aromatic rings. The monoisotopic (exact) mass is 310 g/mol. The summed E-state index contributed by atoms with van der Waals surface area (Å²) in [5, 5.41) is 4.20. The highest BCUT2D eigenvalue weighted by Gasteiger charge is 2.13. The van der Waals surface area contributed by atoms with Crippen LogP contribution >= 0.6 is 28.1 Å². The number of aryl methyl sites for hydroxylation is 2. The van der Waals surface area contributed by atoms with E-state index in [-0.39, 0.29) is 0 Å². The van der Waals surface area contributed by atoms with E-state index in [0.717, 1.165) is 21.3 Å². The maximum absolute atomic E-state index is 5.75. The van der Waals surface area contributed by atoms with Crippen LogP contribution in [-0.4, -0.2) is 19.8 Å². The molecule has 0 saturated heterocycles. The molecule has 2 rings (SSSR count). The summed E-state index contributed by atoms with van der Waals surface area (Å²) in [4.78, 5) is 4.78. The first-order valence-electron chi connectivity index (χ1n) is 4.97. The highest BCUT2D eigenvalue weighted by atomic mass is 79.9. The molecule has 0 bridgehead atoms. The molecule has 17 heavy (non-hydrogen) atoms.